The van der Waals surface area contributed by atoms with Crippen molar-refractivity contribution in [2.24, 2.45) is 0 Å². The maximum atomic E-state index is 14.1. The summed E-state index contributed by atoms with van der Waals surface area (Å²) in [5, 5.41) is 3.16. The van der Waals surface area contributed by atoms with Crippen molar-refractivity contribution in [1.29, 1.82) is 0 Å². The molecule has 0 unspecified atom stereocenters. The molecular weight excluding hydrogens is 401 g/mol. The highest BCUT2D eigenvalue weighted by atomic mass is 32.2. The van der Waals surface area contributed by atoms with Crippen LogP contribution in [0, 0.1) is 12.7 Å². The van der Waals surface area contributed by atoms with E-state index in [1.165, 1.54) is 29.5 Å². The molecule has 1 aliphatic heterocycles. The number of rotatable bonds is 4. The summed E-state index contributed by atoms with van der Waals surface area (Å²) in [7, 11) is -4.11. The smallest absolute Gasteiger partial charge is 0.246 e. The van der Waals surface area contributed by atoms with Crippen LogP contribution >= 0.6 is 11.3 Å². The summed E-state index contributed by atoms with van der Waals surface area (Å²) < 4.78 is 41.9. The van der Waals surface area contributed by atoms with Gasteiger partial charge in [-0.2, -0.15) is 4.31 Å². The monoisotopic (exact) mass is 419 g/mol. The molecule has 1 aromatic heterocycles. The highest BCUT2D eigenvalue weighted by molar-refractivity contribution is 7.89. The molecule has 2 aromatic carbocycles. The number of carbonyl (C=O) groups excluding carboxylic acids is 1. The minimum Gasteiger partial charge on any atom is -0.301 e. The molecule has 28 heavy (non-hydrogen) atoms. The van der Waals surface area contributed by atoms with Crippen molar-refractivity contribution < 1.29 is 17.6 Å². The van der Waals surface area contributed by atoms with E-state index in [0.29, 0.717) is 18.0 Å². The largest absolute Gasteiger partial charge is 0.301 e. The fourth-order valence-electron chi connectivity index (χ4n) is 3.40. The van der Waals surface area contributed by atoms with Gasteiger partial charge in [0.1, 0.15) is 16.8 Å². The summed E-state index contributed by atoms with van der Waals surface area (Å²) in [5.41, 5.74) is 1.81. The van der Waals surface area contributed by atoms with Crippen LogP contribution in [0.1, 0.15) is 18.4 Å². The zero-order valence-electron chi connectivity index (χ0n) is 15.1. The Balaban J connectivity index is 1.60. The van der Waals surface area contributed by atoms with E-state index in [4.69, 9.17) is 0 Å². The highest BCUT2D eigenvalue weighted by Gasteiger charge is 2.40. The third kappa shape index (κ3) is 3.30. The number of carbonyl (C=O) groups is 1. The Bertz CT molecular complexity index is 1160. The van der Waals surface area contributed by atoms with Crippen LogP contribution in [0.5, 0.6) is 0 Å². The van der Waals surface area contributed by atoms with Crippen molar-refractivity contribution >= 4 is 42.6 Å². The summed E-state index contributed by atoms with van der Waals surface area (Å²) in [6, 6.07) is 10.1. The van der Waals surface area contributed by atoms with Crippen molar-refractivity contribution in [3.63, 3.8) is 0 Å². The maximum absolute atomic E-state index is 14.1. The van der Waals surface area contributed by atoms with Crippen LogP contribution in [-0.2, 0) is 14.8 Å². The molecule has 0 radical (unpaired) electrons. The van der Waals surface area contributed by atoms with E-state index in [1.54, 1.807) is 0 Å². The minimum atomic E-state index is -4.11. The Morgan fingerprint density at radius 1 is 1.25 bits per heavy atom. The Morgan fingerprint density at radius 3 is 2.79 bits per heavy atom. The SMILES string of the molecule is Cc1cccc2sc(NC(=O)[C@@H]3CCCN3S(=O)(=O)c3ccccc3F)nc12. The summed E-state index contributed by atoms with van der Waals surface area (Å²) in [4.78, 5) is 16.8. The van der Waals surface area contributed by atoms with Gasteiger partial charge in [-0.1, -0.05) is 35.6 Å². The normalized spacial score (nSPS) is 17.9. The zero-order chi connectivity index (χ0) is 19.9. The van der Waals surface area contributed by atoms with Gasteiger partial charge in [0, 0.05) is 6.54 Å². The van der Waals surface area contributed by atoms with Crippen molar-refractivity contribution in [2.75, 3.05) is 11.9 Å². The molecule has 2 heterocycles. The first-order chi connectivity index (χ1) is 13.4. The first-order valence-corrected chi connectivity index (χ1v) is 11.1. The number of halogens is 1. The molecule has 0 bridgehead atoms. The van der Waals surface area contributed by atoms with Crippen molar-refractivity contribution in [1.82, 2.24) is 9.29 Å². The van der Waals surface area contributed by atoms with E-state index >= 15 is 0 Å². The van der Waals surface area contributed by atoms with E-state index in [0.717, 1.165) is 26.2 Å². The standard InChI is InChI=1S/C19H18FN3O3S2/c1-12-6-4-9-15-17(12)21-19(27-15)22-18(24)14-8-5-11-23(14)28(25,26)16-10-3-2-7-13(16)20/h2-4,6-7,9-10,14H,5,8,11H2,1H3,(H,21,22,24)/t14-/m0/s1. The van der Waals surface area contributed by atoms with Crippen LogP contribution in [0.4, 0.5) is 9.52 Å². The number of nitrogens with zero attached hydrogens (tertiary/aromatic N) is 2. The molecule has 0 aliphatic carbocycles. The van der Waals surface area contributed by atoms with E-state index in [1.807, 2.05) is 25.1 Å². The number of amides is 1. The number of nitrogens with one attached hydrogen (secondary N) is 1. The molecule has 0 saturated carbocycles. The van der Waals surface area contributed by atoms with Gasteiger partial charge in [0.15, 0.2) is 5.13 Å². The second-order valence-corrected chi connectivity index (χ2v) is 9.52. The van der Waals surface area contributed by atoms with Crippen LogP contribution in [-0.4, -0.2) is 36.2 Å². The molecule has 1 fully saturated rings. The fraction of sp³-hybridized carbons (Fsp3) is 0.263. The van der Waals surface area contributed by atoms with E-state index in [9.17, 15) is 17.6 Å². The average molecular weight is 420 g/mol. The van der Waals surface area contributed by atoms with Gasteiger partial charge in [-0.3, -0.25) is 4.79 Å². The Hall–Kier alpha value is -2.36. The van der Waals surface area contributed by atoms with Gasteiger partial charge in [-0.25, -0.2) is 17.8 Å². The first-order valence-electron chi connectivity index (χ1n) is 8.81. The molecule has 1 saturated heterocycles. The molecular formula is C19H18FN3O3S2. The minimum absolute atomic E-state index is 0.174. The fourth-order valence-corrected chi connectivity index (χ4v) is 6.07. The number of hydrogen-bond donors (Lipinski definition) is 1. The van der Waals surface area contributed by atoms with Gasteiger partial charge in [0.25, 0.3) is 0 Å². The quantitative estimate of drug-likeness (QED) is 0.702. The molecule has 4 rings (SSSR count). The lowest BCUT2D eigenvalue weighted by molar-refractivity contribution is -0.119. The van der Waals surface area contributed by atoms with Crippen LogP contribution in [0.25, 0.3) is 10.2 Å². The maximum Gasteiger partial charge on any atom is 0.246 e. The molecule has 0 spiro atoms. The van der Waals surface area contributed by atoms with E-state index in [-0.39, 0.29) is 6.54 Å². The van der Waals surface area contributed by atoms with Gasteiger partial charge < -0.3 is 5.32 Å². The summed E-state index contributed by atoms with van der Waals surface area (Å²) in [5.74, 6) is -1.27. The number of benzene rings is 2. The van der Waals surface area contributed by atoms with E-state index in [2.05, 4.69) is 10.3 Å². The number of sulfonamides is 1. The topological polar surface area (TPSA) is 79.4 Å². The van der Waals surface area contributed by atoms with Crippen molar-refractivity contribution in [2.45, 2.75) is 30.7 Å². The zero-order valence-corrected chi connectivity index (χ0v) is 16.7. The second-order valence-electron chi connectivity index (χ2n) is 6.63. The molecule has 1 aliphatic rings. The summed E-state index contributed by atoms with van der Waals surface area (Å²) in [6.07, 6.45) is 0.911. The first kappa shape index (κ1) is 19.0. The predicted molar refractivity (Wildman–Crippen MR) is 106 cm³/mol. The highest BCUT2D eigenvalue weighted by Crippen LogP contribution is 2.31. The molecule has 6 nitrogen and oxygen atoms in total. The molecule has 1 N–H and O–H groups in total. The Labute approximate surface area is 166 Å². The lowest BCUT2D eigenvalue weighted by Gasteiger charge is -2.23. The third-order valence-electron chi connectivity index (χ3n) is 4.78. The second kappa shape index (κ2) is 7.23. The summed E-state index contributed by atoms with van der Waals surface area (Å²) in [6.45, 7) is 2.11. The molecule has 1 atom stereocenters. The van der Waals surface area contributed by atoms with Crippen molar-refractivity contribution in [3.8, 4) is 0 Å². The number of aryl methyl sites for hydroxylation is 1. The van der Waals surface area contributed by atoms with Crippen molar-refractivity contribution in [3.05, 3.63) is 53.8 Å². The molecule has 3 aromatic rings. The number of para-hydroxylation sites is 1. The van der Waals surface area contributed by atoms with E-state index < -0.39 is 32.7 Å². The summed E-state index contributed by atoms with van der Waals surface area (Å²) >= 11 is 1.34. The van der Waals surface area contributed by atoms with Gasteiger partial charge in [-0.15, -0.1) is 0 Å². The van der Waals surface area contributed by atoms with Crippen LogP contribution in [0.15, 0.2) is 47.4 Å². The number of anilines is 1. The lowest BCUT2D eigenvalue weighted by Crippen LogP contribution is -2.43. The van der Waals surface area contributed by atoms with Crippen LogP contribution in [0.2, 0.25) is 0 Å². The number of fused-ring (bicyclic) bond motifs is 1. The molecule has 9 heteroatoms. The van der Waals surface area contributed by atoms with Crippen LogP contribution < -0.4 is 5.32 Å². The third-order valence-corrected chi connectivity index (χ3v) is 7.66. The molecule has 1 amide bonds. The van der Waals surface area contributed by atoms with Gasteiger partial charge >= 0.3 is 0 Å². The van der Waals surface area contributed by atoms with Crippen LogP contribution in [0.3, 0.4) is 0 Å². The predicted octanol–water partition coefficient (Wildman–Crippen LogP) is 3.54. The Kier molecular flexibility index (Phi) is 4.90. The van der Waals surface area contributed by atoms with Gasteiger partial charge in [0.05, 0.1) is 10.2 Å². The number of thiazole rings is 1. The average Bonchev–Trinajstić information content (AvgIpc) is 3.29. The lowest BCUT2D eigenvalue weighted by atomic mass is 10.2. The number of aromatic nitrogens is 1. The van der Waals surface area contributed by atoms with Gasteiger partial charge in [-0.05, 0) is 43.5 Å². The molecule has 146 valence electrons. The number of hydrogen-bond acceptors (Lipinski definition) is 5. The van der Waals surface area contributed by atoms with Gasteiger partial charge in [0.2, 0.25) is 15.9 Å². The Morgan fingerprint density at radius 2 is 2.04 bits per heavy atom.